The van der Waals surface area contributed by atoms with Gasteiger partial charge in [0, 0.05) is 0 Å². The van der Waals surface area contributed by atoms with E-state index in [1.54, 1.807) is 12.1 Å². The number of hydrogen-bond acceptors (Lipinski definition) is 2. The third-order valence-electron chi connectivity index (χ3n) is 2.72. The first kappa shape index (κ1) is 15.5. The van der Waals surface area contributed by atoms with E-state index in [0.29, 0.717) is 6.61 Å². The zero-order chi connectivity index (χ0) is 12.8. The number of halogens is 2. The molecule has 0 radical (unpaired) electrons. The van der Waals surface area contributed by atoms with Gasteiger partial charge >= 0.3 is 0 Å². The summed E-state index contributed by atoms with van der Waals surface area (Å²) in [4.78, 5) is 0. The van der Waals surface area contributed by atoms with E-state index in [0.717, 1.165) is 16.9 Å². The Morgan fingerprint density at radius 2 is 1.63 bits per heavy atom. The number of hydrogen-bond donors (Lipinski definition) is 1. The van der Waals surface area contributed by atoms with Gasteiger partial charge in [0.2, 0.25) is 0 Å². The van der Waals surface area contributed by atoms with E-state index in [1.165, 1.54) is 0 Å². The Hall–Kier alpha value is -1.58. The lowest BCUT2D eigenvalue weighted by Crippen LogP contribution is -2.11. The molecule has 2 nitrogen and oxygen atoms in total. The van der Waals surface area contributed by atoms with Crippen molar-refractivity contribution >= 4 is 12.4 Å². The summed E-state index contributed by atoms with van der Waals surface area (Å²) in [5.41, 5.74) is 7.49. The molecular weight excluding hydrogens is 265 g/mol. The van der Waals surface area contributed by atoms with Crippen LogP contribution in [0.4, 0.5) is 4.39 Å². The highest BCUT2D eigenvalue weighted by Gasteiger charge is 2.04. The molecule has 0 aliphatic heterocycles. The topological polar surface area (TPSA) is 35.2 Å². The average Bonchev–Trinajstić information content (AvgIpc) is 2.46. The predicted octanol–water partition coefficient (Wildman–Crippen LogP) is 3.66. The summed E-state index contributed by atoms with van der Waals surface area (Å²) < 4.78 is 18.0. The summed E-state index contributed by atoms with van der Waals surface area (Å²) in [7, 11) is 0. The Kier molecular flexibility index (Phi) is 6.33. The maximum Gasteiger partial charge on any atom is 0.119 e. The van der Waals surface area contributed by atoms with Crippen molar-refractivity contribution in [3.63, 3.8) is 0 Å². The van der Waals surface area contributed by atoms with Crippen LogP contribution < -0.4 is 10.5 Å². The zero-order valence-corrected chi connectivity index (χ0v) is 11.3. The van der Waals surface area contributed by atoms with Crippen molar-refractivity contribution in [3.05, 3.63) is 65.7 Å². The molecule has 0 amide bonds. The Balaban J connectivity index is 0.00000180. The molecule has 0 fully saturated rings. The van der Waals surface area contributed by atoms with Gasteiger partial charge in [-0.3, -0.25) is 0 Å². The van der Waals surface area contributed by atoms with E-state index in [-0.39, 0.29) is 12.4 Å². The molecule has 0 spiro atoms. The molecule has 2 N–H and O–H groups in total. The molecule has 0 heterocycles. The van der Waals surface area contributed by atoms with E-state index in [2.05, 4.69) is 0 Å². The van der Waals surface area contributed by atoms with Crippen LogP contribution in [0.5, 0.6) is 5.75 Å². The summed E-state index contributed by atoms with van der Waals surface area (Å²) >= 11 is 0. The molecule has 2 aromatic carbocycles. The fourth-order valence-electron chi connectivity index (χ4n) is 1.64. The van der Waals surface area contributed by atoms with Crippen LogP contribution in [-0.2, 0) is 6.61 Å². The molecule has 102 valence electrons. The van der Waals surface area contributed by atoms with Gasteiger partial charge in [-0.1, -0.05) is 42.5 Å². The second-order valence-electron chi connectivity index (χ2n) is 4.10. The van der Waals surface area contributed by atoms with E-state index < -0.39 is 12.7 Å². The van der Waals surface area contributed by atoms with Crippen LogP contribution in [0.15, 0.2) is 54.6 Å². The Bertz CT molecular complexity index is 475. The monoisotopic (exact) mass is 281 g/mol. The molecule has 0 unspecified atom stereocenters. The van der Waals surface area contributed by atoms with Crippen LogP contribution >= 0.6 is 12.4 Å². The molecule has 0 aliphatic rings. The summed E-state index contributed by atoms with van der Waals surface area (Å²) in [5.74, 6) is 0.758. The molecule has 2 rings (SSSR count). The van der Waals surface area contributed by atoms with Crippen molar-refractivity contribution in [1.82, 2.24) is 0 Å². The fraction of sp³-hybridized carbons (Fsp3) is 0.200. The van der Waals surface area contributed by atoms with E-state index in [4.69, 9.17) is 10.5 Å². The van der Waals surface area contributed by atoms with Crippen LogP contribution in [0.1, 0.15) is 17.2 Å². The molecule has 2 aromatic rings. The van der Waals surface area contributed by atoms with Gasteiger partial charge in [0.15, 0.2) is 0 Å². The van der Waals surface area contributed by atoms with E-state index in [9.17, 15) is 4.39 Å². The number of nitrogens with two attached hydrogens (primary N) is 1. The Morgan fingerprint density at radius 1 is 1.00 bits per heavy atom. The molecule has 0 saturated carbocycles. The molecule has 0 aliphatic carbocycles. The largest absolute Gasteiger partial charge is 0.489 e. The first-order chi connectivity index (χ1) is 8.79. The Labute approximate surface area is 118 Å². The number of ether oxygens (including phenoxy) is 1. The van der Waals surface area contributed by atoms with Crippen molar-refractivity contribution in [1.29, 1.82) is 0 Å². The van der Waals surface area contributed by atoms with Gasteiger partial charge in [0.1, 0.15) is 19.0 Å². The fourth-order valence-corrected chi connectivity index (χ4v) is 1.64. The maximum absolute atomic E-state index is 12.4. The van der Waals surface area contributed by atoms with Crippen LogP contribution in [0.25, 0.3) is 0 Å². The highest BCUT2D eigenvalue weighted by molar-refractivity contribution is 5.85. The lowest BCUT2D eigenvalue weighted by Gasteiger charge is -2.09. The smallest absolute Gasteiger partial charge is 0.119 e. The summed E-state index contributed by atoms with van der Waals surface area (Å²) in [5, 5.41) is 0. The van der Waals surface area contributed by atoms with Crippen molar-refractivity contribution in [2.45, 2.75) is 12.6 Å². The minimum absolute atomic E-state index is 0. The lowest BCUT2D eigenvalue weighted by atomic mass is 10.1. The molecule has 4 heteroatoms. The highest BCUT2D eigenvalue weighted by Crippen LogP contribution is 2.17. The van der Waals surface area contributed by atoms with Gasteiger partial charge in [0.25, 0.3) is 0 Å². The highest BCUT2D eigenvalue weighted by atomic mass is 35.5. The lowest BCUT2D eigenvalue weighted by molar-refractivity contribution is 0.306. The average molecular weight is 282 g/mol. The van der Waals surface area contributed by atoms with E-state index in [1.807, 2.05) is 42.5 Å². The van der Waals surface area contributed by atoms with Gasteiger partial charge in [-0.05, 0) is 23.3 Å². The Morgan fingerprint density at radius 3 is 2.21 bits per heavy atom. The van der Waals surface area contributed by atoms with Gasteiger partial charge in [-0.2, -0.15) is 0 Å². The summed E-state index contributed by atoms with van der Waals surface area (Å²) in [6.45, 7) is -0.0282. The standard InChI is InChI=1S/C15H16FNO.ClH/c16-10-15(17)13-6-8-14(9-7-13)18-11-12-4-2-1-3-5-12;/h1-9,15H,10-11,17H2;1H/t15-;/m0./s1. The third-order valence-corrected chi connectivity index (χ3v) is 2.72. The molecule has 0 saturated heterocycles. The quantitative estimate of drug-likeness (QED) is 0.908. The van der Waals surface area contributed by atoms with Crippen molar-refractivity contribution < 1.29 is 9.13 Å². The number of alkyl halides is 1. The summed E-state index contributed by atoms with van der Waals surface area (Å²) in [6.07, 6.45) is 0. The first-order valence-corrected chi connectivity index (χ1v) is 5.88. The maximum atomic E-state index is 12.4. The van der Waals surface area contributed by atoms with Gasteiger partial charge in [-0.15, -0.1) is 12.4 Å². The molecule has 19 heavy (non-hydrogen) atoms. The second-order valence-corrected chi connectivity index (χ2v) is 4.10. The summed E-state index contributed by atoms with van der Waals surface area (Å²) in [6, 6.07) is 16.6. The molecule has 0 bridgehead atoms. The van der Waals surface area contributed by atoms with Gasteiger partial charge < -0.3 is 10.5 Å². The van der Waals surface area contributed by atoms with Gasteiger partial charge in [-0.25, -0.2) is 4.39 Å². The zero-order valence-electron chi connectivity index (χ0n) is 10.5. The number of benzene rings is 2. The minimum Gasteiger partial charge on any atom is -0.489 e. The van der Waals surface area contributed by atoms with E-state index >= 15 is 0 Å². The van der Waals surface area contributed by atoms with Crippen molar-refractivity contribution in [2.24, 2.45) is 5.73 Å². The number of rotatable bonds is 5. The predicted molar refractivity (Wildman–Crippen MR) is 77.4 cm³/mol. The third kappa shape index (κ3) is 4.54. The van der Waals surface area contributed by atoms with Crippen LogP contribution in [0, 0.1) is 0 Å². The SMILES string of the molecule is Cl.N[C@@H](CF)c1ccc(OCc2ccccc2)cc1. The van der Waals surface area contributed by atoms with Crippen LogP contribution in [0.3, 0.4) is 0 Å². The molecule has 1 atom stereocenters. The molecule has 0 aromatic heterocycles. The minimum atomic E-state index is -0.551. The normalized spacial score (nSPS) is 11.5. The molecular formula is C15H17ClFNO. The van der Waals surface area contributed by atoms with Crippen LogP contribution in [-0.4, -0.2) is 6.67 Å². The van der Waals surface area contributed by atoms with Gasteiger partial charge in [0.05, 0.1) is 6.04 Å². The second kappa shape index (κ2) is 7.77. The van der Waals surface area contributed by atoms with Crippen molar-refractivity contribution in [3.8, 4) is 5.75 Å². The van der Waals surface area contributed by atoms with Crippen molar-refractivity contribution in [2.75, 3.05) is 6.67 Å². The first-order valence-electron chi connectivity index (χ1n) is 5.88. The van der Waals surface area contributed by atoms with Crippen LogP contribution in [0.2, 0.25) is 0 Å².